The highest BCUT2D eigenvalue weighted by atomic mass is 79.9. The minimum absolute atomic E-state index is 0.0170. The van der Waals surface area contributed by atoms with E-state index in [0.29, 0.717) is 0 Å². The average Bonchev–Trinajstić information content (AvgIpc) is 2.43. The minimum Gasteiger partial charge on any atom is -0.478 e. The van der Waals surface area contributed by atoms with Crippen LogP contribution in [-0.4, -0.2) is 17.0 Å². The van der Waals surface area contributed by atoms with E-state index in [1.807, 2.05) is 0 Å². The fraction of sp³-hybridized carbons (Fsp3) is 0. The van der Waals surface area contributed by atoms with Gasteiger partial charge in [0, 0.05) is 5.56 Å². The van der Waals surface area contributed by atoms with Gasteiger partial charge >= 0.3 is 5.97 Å². The van der Waals surface area contributed by atoms with Gasteiger partial charge in [-0.25, -0.2) is 9.18 Å². The van der Waals surface area contributed by atoms with Crippen LogP contribution < -0.4 is 5.32 Å². The maximum Gasteiger partial charge on any atom is 0.335 e. The monoisotopic (exact) mass is 371 g/mol. The van der Waals surface area contributed by atoms with E-state index in [1.165, 1.54) is 30.3 Å². The number of hydrogen-bond acceptors (Lipinski definition) is 2. The third-order valence-corrected chi connectivity index (χ3v) is 3.62. The molecule has 0 aliphatic carbocycles. The summed E-state index contributed by atoms with van der Waals surface area (Å²) in [4.78, 5) is 22.9. The first-order valence-electron chi connectivity index (χ1n) is 5.67. The van der Waals surface area contributed by atoms with Gasteiger partial charge in [-0.3, -0.25) is 4.79 Å². The highest BCUT2D eigenvalue weighted by Gasteiger charge is 2.13. The summed E-state index contributed by atoms with van der Waals surface area (Å²) in [6.07, 6.45) is 0. The predicted octanol–water partition coefficient (Wildman–Crippen LogP) is 4.19. The zero-order valence-electron chi connectivity index (χ0n) is 10.4. The van der Waals surface area contributed by atoms with Gasteiger partial charge in [-0.15, -0.1) is 0 Å². The van der Waals surface area contributed by atoms with E-state index in [4.69, 9.17) is 16.7 Å². The van der Waals surface area contributed by atoms with Crippen LogP contribution in [0.15, 0.2) is 40.9 Å². The summed E-state index contributed by atoms with van der Waals surface area (Å²) in [5, 5.41) is 11.5. The zero-order valence-corrected chi connectivity index (χ0v) is 12.7. The van der Waals surface area contributed by atoms with Gasteiger partial charge in [0.25, 0.3) is 5.91 Å². The van der Waals surface area contributed by atoms with Gasteiger partial charge in [0.1, 0.15) is 5.82 Å². The van der Waals surface area contributed by atoms with Crippen LogP contribution in [0.4, 0.5) is 10.1 Å². The summed E-state index contributed by atoms with van der Waals surface area (Å²) < 4.78 is 13.6. The van der Waals surface area contributed by atoms with E-state index < -0.39 is 17.7 Å². The Morgan fingerprint density at radius 3 is 2.43 bits per heavy atom. The molecule has 4 nitrogen and oxygen atoms in total. The van der Waals surface area contributed by atoms with Crippen molar-refractivity contribution >= 4 is 45.1 Å². The van der Waals surface area contributed by atoms with Crippen molar-refractivity contribution in [3.8, 4) is 0 Å². The van der Waals surface area contributed by atoms with E-state index in [0.717, 1.165) is 6.07 Å². The first kappa shape index (κ1) is 15.5. The SMILES string of the molecule is O=C(O)c1ccc(Cl)c(NC(=O)c2ccc(Br)c(F)c2)c1. The van der Waals surface area contributed by atoms with E-state index in [2.05, 4.69) is 21.2 Å². The van der Waals surface area contributed by atoms with Crippen LogP contribution >= 0.6 is 27.5 Å². The number of benzene rings is 2. The first-order valence-corrected chi connectivity index (χ1v) is 6.85. The minimum atomic E-state index is -1.14. The number of aromatic carboxylic acids is 1. The summed E-state index contributed by atoms with van der Waals surface area (Å²) in [5.74, 6) is -2.31. The van der Waals surface area contributed by atoms with Gasteiger partial charge in [-0.05, 0) is 52.3 Å². The molecule has 0 atom stereocenters. The molecule has 108 valence electrons. The molecular formula is C14H8BrClFNO3. The fourth-order valence-corrected chi connectivity index (χ4v) is 2.00. The molecule has 0 saturated heterocycles. The van der Waals surface area contributed by atoms with Crippen molar-refractivity contribution in [2.45, 2.75) is 0 Å². The second kappa shape index (κ2) is 6.24. The van der Waals surface area contributed by atoms with Crippen molar-refractivity contribution < 1.29 is 19.1 Å². The van der Waals surface area contributed by atoms with Gasteiger partial charge in [-0.1, -0.05) is 11.6 Å². The van der Waals surface area contributed by atoms with Gasteiger partial charge in [0.15, 0.2) is 0 Å². The number of carbonyl (C=O) groups excluding carboxylic acids is 1. The van der Waals surface area contributed by atoms with Crippen LogP contribution in [0.3, 0.4) is 0 Å². The summed E-state index contributed by atoms with van der Waals surface area (Å²) in [7, 11) is 0. The highest BCUT2D eigenvalue weighted by molar-refractivity contribution is 9.10. The molecule has 7 heteroatoms. The lowest BCUT2D eigenvalue weighted by molar-refractivity contribution is 0.0696. The van der Waals surface area contributed by atoms with E-state index in [-0.39, 0.29) is 26.3 Å². The van der Waals surface area contributed by atoms with E-state index >= 15 is 0 Å². The number of anilines is 1. The molecule has 2 aromatic carbocycles. The number of rotatable bonds is 3. The van der Waals surface area contributed by atoms with Crippen LogP contribution in [0, 0.1) is 5.82 Å². The first-order chi connectivity index (χ1) is 9.88. The van der Waals surface area contributed by atoms with Gasteiger partial charge < -0.3 is 10.4 Å². The Balaban J connectivity index is 2.28. The molecule has 0 bridgehead atoms. The fourth-order valence-electron chi connectivity index (χ4n) is 1.59. The maximum atomic E-state index is 13.4. The van der Waals surface area contributed by atoms with E-state index in [9.17, 15) is 14.0 Å². The zero-order chi connectivity index (χ0) is 15.6. The van der Waals surface area contributed by atoms with Crippen molar-refractivity contribution in [2.75, 3.05) is 5.32 Å². The molecule has 0 aliphatic rings. The molecule has 0 aromatic heterocycles. The van der Waals surface area contributed by atoms with E-state index in [1.54, 1.807) is 0 Å². The van der Waals surface area contributed by atoms with Crippen molar-refractivity contribution in [1.29, 1.82) is 0 Å². The standard InChI is InChI=1S/C14H8BrClFNO3/c15-9-3-1-7(5-11(9)17)13(19)18-12-6-8(14(20)21)2-4-10(12)16/h1-6H,(H,18,19)(H,20,21). The Morgan fingerprint density at radius 1 is 1.14 bits per heavy atom. The Bertz CT molecular complexity index is 736. The van der Waals surface area contributed by atoms with Crippen molar-refractivity contribution in [3.05, 3.63) is 62.8 Å². The average molecular weight is 373 g/mol. The molecular weight excluding hydrogens is 365 g/mol. The molecule has 0 spiro atoms. The van der Waals surface area contributed by atoms with Crippen molar-refractivity contribution in [2.24, 2.45) is 0 Å². The number of carboxylic acids is 1. The summed E-state index contributed by atoms with van der Waals surface area (Å²) in [6.45, 7) is 0. The quantitative estimate of drug-likeness (QED) is 0.849. The largest absolute Gasteiger partial charge is 0.478 e. The smallest absolute Gasteiger partial charge is 0.335 e. The maximum absolute atomic E-state index is 13.4. The highest BCUT2D eigenvalue weighted by Crippen LogP contribution is 2.24. The topological polar surface area (TPSA) is 66.4 Å². The third-order valence-electron chi connectivity index (χ3n) is 2.64. The predicted molar refractivity (Wildman–Crippen MR) is 80.5 cm³/mol. The Kier molecular flexibility index (Phi) is 4.59. The Morgan fingerprint density at radius 2 is 1.81 bits per heavy atom. The molecule has 1 amide bonds. The van der Waals surface area contributed by atoms with Crippen molar-refractivity contribution in [1.82, 2.24) is 0 Å². The molecule has 2 N–H and O–H groups in total. The molecule has 0 radical (unpaired) electrons. The molecule has 21 heavy (non-hydrogen) atoms. The Labute approximate surface area is 132 Å². The number of halogens is 3. The summed E-state index contributed by atoms with van der Waals surface area (Å²) in [5.41, 5.74) is 0.217. The third kappa shape index (κ3) is 3.59. The van der Waals surface area contributed by atoms with Crippen molar-refractivity contribution in [3.63, 3.8) is 0 Å². The number of hydrogen-bond donors (Lipinski definition) is 2. The van der Waals surface area contributed by atoms with Crippen LogP contribution in [0.25, 0.3) is 0 Å². The summed E-state index contributed by atoms with van der Waals surface area (Å²) in [6, 6.07) is 7.81. The van der Waals surface area contributed by atoms with Crippen LogP contribution in [0.2, 0.25) is 5.02 Å². The number of carboxylic acid groups (broad SMARTS) is 1. The lowest BCUT2D eigenvalue weighted by Gasteiger charge is -2.08. The molecule has 0 unspecified atom stereocenters. The summed E-state index contributed by atoms with van der Waals surface area (Å²) >= 11 is 8.89. The molecule has 2 aromatic rings. The van der Waals surface area contributed by atoms with Crippen LogP contribution in [0.1, 0.15) is 20.7 Å². The lowest BCUT2D eigenvalue weighted by Crippen LogP contribution is -2.13. The number of carbonyl (C=O) groups is 2. The molecule has 0 aliphatic heterocycles. The molecule has 2 rings (SSSR count). The second-order valence-corrected chi connectivity index (χ2v) is 5.34. The number of nitrogens with one attached hydrogen (secondary N) is 1. The lowest BCUT2D eigenvalue weighted by atomic mass is 10.1. The van der Waals surface area contributed by atoms with Crippen LogP contribution in [-0.2, 0) is 0 Å². The molecule has 0 heterocycles. The number of amides is 1. The molecule has 0 saturated carbocycles. The Hall–Kier alpha value is -1.92. The van der Waals surface area contributed by atoms with Crippen LogP contribution in [0.5, 0.6) is 0 Å². The van der Waals surface area contributed by atoms with Gasteiger partial charge in [-0.2, -0.15) is 0 Å². The van der Waals surface area contributed by atoms with Gasteiger partial charge in [0.05, 0.1) is 20.7 Å². The second-order valence-electron chi connectivity index (χ2n) is 4.08. The normalized spacial score (nSPS) is 10.2. The molecule has 0 fully saturated rings. The van der Waals surface area contributed by atoms with Gasteiger partial charge in [0.2, 0.25) is 0 Å².